The minimum atomic E-state index is -0.689. The fraction of sp³-hybridized carbons (Fsp3) is 0.333. The first-order valence-electron chi connectivity index (χ1n) is 13.6. The molecule has 0 radical (unpaired) electrons. The molecule has 210 valence electrons. The summed E-state index contributed by atoms with van der Waals surface area (Å²) in [6.45, 7) is 3.94. The van der Waals surface area contributed by atoms with E-state index in [4.69, 9.17) is 15.5 Å². The minimum Gasteiger partial charge on any atom is -0.461 e. The number of benzene rings is 2. The van der Waals surface area contributed by atoms with Gasteiger partial charge in [0.2, 0.25) is 0 Å². The highest BCUT2D eigenvalue weighted by molar-refractivity contribution is 5.91. The molecule has 2 saturated heterocycles. The van der Waals surface area contributed by atoms with Crippen LogP contribution in [0.3, 0.4) is 0 Å². The number of hydrogen-bond donors (Lipinski definition) is 1. The largest absolute Gasteiger partial charge is 0.461 e. The molecule has 2 aromatic carbocycles. The Labute approximate surface area is 235 Å². The molecule has 6 rings (SSSR count). The van der Waals surface area contributed by atoms with Crippen molar-refractivity contribution in [2.45, 2.75) is 38.3 Å². The van der Waals surface area contributed by atoms with Crippen LogP contribution in [-0.4, -0.2) is 58.8 Å². The summed E-state index contributed by atoms with van der Waals surface area (Å²) in [7, 11) is 0. The first kappa shape index (κ1) is 26.7. The SMILES string of the molecule is CC(=O)OC1CCN(c2ccc(-n3c(-c4ccc(C#N)c(F)c4)nc4c(N5CCCC(N)C5)ccnc43)c(F)c2)C1. The zero-order chi connectivity index (χ0) is 28.7. The fourth-order valence-electron chi connectivity index (χ4n) is 5.78. The van der Waals surface area contributed by atoms with Gasteiger partial charge >= 0.3 is 5.97 Å². The summed E-state index contributed by atoms with van der Waals surface area (Å²) in [5.41, 5.74) is 9.20. The van der Waals surface area contributed by atoms with Crippen LogP contribution in [0.4, 0.5) is 20.2 Å². The molecular formula is C30H29F2N7O2. The molecular weight excluding hydrogens is 528 g/mol. The van der Waals surface area contributed by atoms with Gasteiger partial charge in [-0.3, -0.25) is 9.36 Å². The number of piperidine rings is 1. The van der Waals surface area contributed by atoms with E-state index in [1.54, 1.807) is 29.0 Å². The van der Waals surface area contributed by atoms with Gasteiger partial charge in [0.05, 0.1) is 23.5 Å². The molecule has 2 fully saturated rings. The Hall–Kier alpha value is -4.56. The fourth-order valence-corrected chi connectivity index (χ4v) is 5.78. The van der Waals surface area contributed by atoms with Crippen LogP contribution in [0.2, 0.25) is 0 Å². The average Bonchev–Trinajstić information content (AvgIpc) is 3.57. The van der Waals surface area contributed by atoms with Crippen molar-refractivity contribution in [3.63, 3.8) is 0 Å². The molecule has 2 aliphatic rings. The number of rotatable bonds is 5. The van der Waals surface area contributed by atoms with E-state index in [0.717, 1.165) is 25.1 Å². The molecule has 0 aliphatic carbocycles. The lowest BCUT2D eigenvalue weighted by Crippen LogP contribution is -2.42. The number of imidazole rings is 1. The maximum atomic E-state index is 16.0. The Bertz CT molecular complexity index is 1680. The molecule has 4 heterocycles. The first-order valence-corrected chi connectivity index (χ1v) is 13.6. The summed E-state index contributed by atoms with van der Waals surface area (Å²) in [6.07, 6.45) is 3.95. The van der Waals surface area contributed by atoms with Gasteiger partial charge in [0, 0.05) is 56.5 Å². The lowest BCUT2D eigenvalue weighted by molar-refractivity contribution is -0.145. The van der Waals surface area contributed by atoms with E-state index < -0.39 is 11.6 Å². The summed E-state index contributed by atoms with van der Waals surface area (Å²) >= 11 is 0. The second-order valence-corrected chi connectivity index (χ2v) is 10.5. The Kier molecular flexibility index (Phi) is 7.01. The molecule has 9 nitrogen and oxygen atoms in total. The van der Waals surface area contributed by atoms with E-state index >= 15 is 4.39 Å². The van der Waals surface area contributed by atoms with Crippen LogP contribution >= 0.6 is 0 Å². The van der Waals surface area contributed by atoms with E-state index in [-0.39, 0.29) is 29.4 Å². The van der Waals surface area contributed by atoms with Crippen molar-refractivity contribution in [2.24, 2.45) is 5.73 Å². The molecule has 2 aromatic heterocycles. The van der Waals surface area contributed by atoms with E-state index in [2.05, 4.69) is 9.88 Å². The summed E-state index contributed by atoms with van der Waals surface area (Å²) < 4.78 is 37.6. The molecule has 4 aromatic rings. The summed E-state index contributed by atoms with van der Waals surface area (Å²) in [5, 5.41) is 9.23. The number of nitriles is 1. The maximum absolute atomic E-state index is 16.0. The number of aromatic nitrogens is 3. The zero-order valence-electron chi connectivity index (χ0n) is 22.6. The van der Waals surface area contributed by atoms with E-state index in [0.29, 0.717) is 54.3 Å². The van der Waals surface area contributed by atoms with Gasteiger partial charge in [-0.15, -0.1) is 0 Å². The molecule has 0 amide bonds. The standard InChI is InChI=1S/C30H29F2N7O2/c1-18(40)41-23-9-12-37(17-23)22-6-7-26(25(32)14-22)39-29(19-4-5-20(15-33)24(31)13-19)36-28-27(8-10-35-30(28)39)38-11-2-3-21(34)16-38/h4-8,10,13-14,21,23H,2-3,9,11-12,16-17,34H2,1H3. The number of fused-ring (bicyclic) bond motifs is 1. The second kappa shape index (κ2) is 10.8. The van der Waals surface area contributed by atoms with Gasteiger partial charge < -0.3 is 20.3 Å². The Balaban J connectivity index is 1.47. The molecule has 2 aliphatic heterocycles. The van der Waals surface area contributed by atoms with Crippen molar-refractivity contribution < 1.29 is 18.3 Å². The normalized spacial score (nSPS) is 19.0. The van der Waals surface area contributed by atoms with Gasteiger partial charge in [-0.05, 0) is 55.3 Å². The number of pyridine rings is 1. The molecule has 2 N–H and O–H groups in total. The third-order valence-corrected chi connectivity index (χ3v) is 7.69. The minimum absolute atomic E-state index is 0.0252. The molecule has 0 bridgehead atoms. The predicted octanol–water partition coefficient (Wildman–Crippen LogP) is 4.31. The number of esters is 1. The molecule has 0 saturated carbocycles. The van der Waals surface area contributed by atoms with Gasteiger partial charge in [-0.2, -0.15) is 5.26 Å². The summed E-state index contributed by atoms with van der Waals surface area (Å²) in [5.74, 6) is -1.24. The predicted molar refractivity (Wildman–Crippen MR) is 151 cm³/mol. The highest BCUT2D eigenvalue weighted by Crippen LogP contribution is 2.36. The topological polar surface area (TPSA) is 113 Å². The van der Waals surface area contributed by atoms with Crippen molar-refractivity contribution in [3.05, 3.63) is 65.9 Å². The van der Waals surface area contributed by atoms with Crippen LogP contribution in [0.1, 0.15) is 31.7 Å². The summed E-state index contributed by atoms with van der Waals surface area (Å²) in [4.78, 5) is 25.0. The van der Waals surface area contributed by atoms with Crippen LogP contribution < -0.4 is 15.5 Å². The van der Waals surface area contributed by atoms with Gasteiger partial charge in [-0.1, -0.05) is 0 Å². The Morgan fingerprint density at radius 2 is 1.90 bits per heavy atom. The van der Waals surface area contributed by atoms with E-state index in [9.17, 15) is 14.4 Å². The number of ether oxygens (including phenoxy) is 1. The number of nitrogens with zero attached hydrogens (tertiary/aromatic N) is 6. The zero-order valence-corrected chi connectivity index (χ0v) is 22.6. The molecule has 2 unspecified atom stereocenters. The molecule has 11 heteroatoms. The van der Waals surface area contributed by atoms with Gasteiger partial charge in [0.25, 0.3) is 0 Å². The van der Waals surface area contributed by atoms with Crippen LogP contribution in [0.25, 0.3) is 28.2 Å². The average molecular weight is 558 g/mol. The van der Waals surface area contributed by atoms with Crippen LogP contribution in [0, 0.1) is 23.0 Å². The van der Waals surface area contributed by atoms with Gasteiger partial charge in [0.1, 0.15) is 35.1 Å². The van der Waals surface area contributed by atoms with E-state index in [1.807, 2.05) is 17.0 Å². The van der Waals surface area contributed by atoms with Gasteiger partial charge in [-0.25, -0.2) is 18.7 Å². The third-order valence-electron chi connectivity index (χ3n) is 7.69. The number of hydrogen-bond acceptors (Lipinski definition) is 8. The lowest BCUT2D eigenvalue weighted by Gasteiger charge is -2.32. The molecule has 0 spiro atoms. The molecule has 2 atom stereocenters. The first-order chi connectivity index (χ1) is 19.8. The summed E-state index contributed by atoms with van der Waals surface area (Å²) in [6, 6.07) is 12.8. The van der Waals surface area contributed by atoms with Gasteiger partial charge in [0.15, 0.2) is 5.65 Å². The van der Waals surface area contributed by atoms with Crippen molar-refractivity contribution in [1.29, 1.82) is 5.26 Å². The van der Waals surface area contributed by atoms with Crippen LogP contribution in [-0.2, 0) is 9.53 Å². The van der Waals surface area contributed by atoms with Crippen LogP contribution in [0.15, 0.2) is 48.7 Å². The van der Waals surface area contributed by atoms with Crippen molar-refractivity contribution in [1.82, 2.24) is 14.5 Å². The molecule has 41 heavy (non-hydrogen) atoms. The lowest BCUT2D eigenvalue weighted by atomic mass is 10.1. The number of anilines is 2. The number of carbonyl (C=O) groups excluding carboxylic acids is 1. The number of nitrogens with two attached hydrogens (primary N) is 1. The maximum Gasteiger partial charge on any atom is 0.302 e. The monoisotopic (exact) mass is 557 g/mol. The Morgan fingerprint density at radius 3 is 2.63 bits per heavy atom. The smallest absolute Gasteiger partial charge is 0.302 e. The van der Waals surface area contributed by atoms with Crippen LogP contribution in [0.5, 0.6) is 0 Å². The third kappa shape index (κ3) is 5.07. The van der Waals surface area contributed by atoms with Crippen molar-refractivity contribution in [2.75, 3.05) is 36.0 Å². The van der Waals surface area contributed by atoms with E-state index in [1.165, 1.54) is 25.1 Å². The Morgan fingerprint density at radius 1 is 1.05 bits per heavy atom. The highest BCUT2D eigenvalue weighted by Gasteiger charge is 2.28. The quantitative estimate of drug-likeness (QED) is 0.361. The number of halogens is 2. The van der Waals surface area contributed by atoms with Crippen molar-refractivity contribution >= 4 is 28.5 Å². The van der Waals surface area contributed by atoms with Crippen molar-refractivity contribution in [3.8, 4) is 23.1 Å². The highest BCUT2D eigenvalue weighted by atomic mass is 19.1. The second-order valence-electron chi connectivity index (χ2n) is 10.5. The number of carbonyl (C=O) groups is 1.